The molecule has 0 heterocycles. The zero-order chi connectivity index (χ0) is 22.8. The summed E-state index contributed by atoms with van der Waals surface area (Å²) in [5.41, 5.74) is 5.11. The fourth-order valence-corrected chi connectivity index (χ4v) is 2.81. The van der Waals surface area contributed by atoms with Crippen LogP contribution in [0.4, 0.5) is 5.69 Å². The number of hydrogen-bond acceptors (Lipinski definition) is 5. The molecule has 2 amide bonds. The van der Waals surface area contributed by atoms with E-state index in [0.29, 0.717) is 35.1 Å². The number of benzene rings is 3. The van der Waals surface area contributed by atoms with Gasteiger partial charge in [0.2, 0.25) is 5.91 Å². The molecule has 3 aromatic rings. The van der Waals surface area contributed by atoms with Gasteiger partial charge in [-0.2, -0.15) is 5.10 Å². The van der Waals surface area contributed by atoms with Gasteiger partial charge in [-0.3, -0.25) is 9.59 Å². The number of carbonyl (C=O) groups excluding carboxylic acids is 2. The second kappa shape index (κ2) is 11.3. The maximum atomic E-state index is 12.3. The van der Waals surface area contributed by atoms with Crippen molar-refractivity contribution in [2.45, 2.75) is 20.0 Å². The van der Waals surface area contributed by atoms with E-state index in [1.165, 1.54) is 0 Å². The molecule has 0 aliphatic heterocycles. The lowest BCUT2D eigenvalue weighted by Crippen LogP contribution is -2.21. The van der Waals surface area contributed by atoms with Gasteiger partial charge in [-0.25, -0.2) is 5.43 Å². The minimum atomic E-state index is -0.362. The molecular weight excluding hydrogens is 406 g/mol. The van der Waals surface area contributed by atoms with Crippen molar-refractivity contribution in [1.82, 2.24) is 5.43 Å². The SMILES string of the molecule is COc1ccc(C(=O)N/N=C(\C)CC(=O)Nc2ccc(OCc3ccccc3)cc2)cc1. The summed E-state index contributed by atoms with van der Waals surface area (Å²) in [5.74, 6) is 0.779. The number of methoxy groups -OCH3 is 1. The number of amides is 2. The Morgan fingerprint density at radius 1 is 0.875 bits per heavy atom. The molecule has 3 aromatic carbocycles. The number of nitrogens with zero attached hydrogens (tertiary/aromatic N) is 1. The number of rotatable bonds is 9. The minimum absolute atomic E-state index is 0.0507. The second-order valence-corrected chi connectivity index (χ2v) is 7.04. The molecule has 7 nitrogen and oxygen atoms in total. The Morgan fingerprint density at radius 2 is 1.53 bits per heavy atom. The van der Waals surface area contributed by atoms with Crippen LogP contribution in [0.3, 0.4) is 0 Å². The maximum Gasteiger partial charge on any atom is 0.271 e. The molecule has 32 heavy (non-hydrogen) atoms. The van der Waals surface area contributed by atoms with Crippen molar-refractivity contribution in [2.24, 2.45) is 5.10 Å². The van der Waals surface area contributed by atoms with Crippen LogP contribution in [0, 0.1) is 0 Å². The van der Waals surface area contributed by atoms with Gasteiger partial charge in [-0.05, 0) is 61.0 Å². The second-order valence-electron chi connectivity index (χ2n) is 7.04. The fourth-order valence-electron chi connectivity index (χ4n) is 2.81. The quantitative estimate of drug-likeness (QED) is 0.388. The van der Waals surface area contributed by atoms with Crippen LogP contribution in [-0.2, 0) is 11.4 Å². The highest BCUT2D eigenvalue weighted by atomic mass is 16.5. The van der Waals surface area contributed by atoms with Gasteiger partial charge in [-0.1, -0.05) is 30.3 Å². The van der Waals surface area contributed by atoms with Crippen LogP contribution in [0.1, 0.15) is 29.3 Å². The number of ether oxygens (including phenoxy) is 2. The minimum Gasteiger partial charge on any atom is -0.497 e. The topological polar surface area (TPSA) is 89.0 Å². The van der Waals surface area contributed by atoms with E-state index in [2.05, 4.69) is 15.8 Å². The molecule has 0 unspecified atom stereocenters. The molecule has 0 bridgehead atoms. The van der Waals surface area contributed by atoms with Crippen molar-refractivity contribution >= 4 is 23.2 Å². The van der Waals surface area contributed by atoms with E-state index in [9.17, 15) is 9.59 Å². The molecule has 0 atom stereocenters. The van der Waals surface area contributed by atoms with Crippen molar-refractivity contribution in [1.29, 1.82) is 0 Å². The largest absolute Gasteiger partial charge is 0.497 e. The summed E-state index contributed by atoms with van der Waals surface area (Å²) in [6.45, 7) is 2.15. The Kier molecular flexibility index (Phi) is 7.97. The fraction of sp³-hybridized carbons (Fsp3) is 0.160. The van der Waals surface area contributed by atoms with Crippen LogP contribution in [0.2, 0.25) is 0 Å². The summed E-state index contributed by atoms with van der Waals surface area (Å²) in [6.07, 6.45) is 0.0507. The van der Waals surface area contributed by atoms with E-state index in [0.717, 1.165) is 5.56 Å². The average Bonchev–Trinajstić information content (AvgIpc) is 2.82. The molecule has 0 aliphatic rings. The van der Waals surface area contributed by atoms with Gasteiger partial charge < -0.3 is 14.8 Å². The molecule has 0 aromatic heterocycles. The van der Waals surface area contributed by atoms with E-state index in [4.69, 9.17) is 9.47 Å². The summed E-state index contributed by atoms with van der Waals surface area (Å²) in [7, 11) is 1.56. The average molecular weight is 431 g/mol. The number of hydrogen-bond donors (Lipinski definition) is 2. The van der Waals surface area contributed by atoms with Crippen molar-refractivity contribution in [3.63, 3.8) is 0 Å². The molecule has 0 spiro atoms. The Labute approximate surface area is 187 Å². The third-order valence-electron chi connectivity index (χ3n) is 4.50. The molecule has 0 aliphatic carbocycles. The Morgan fingerprint density at radius 3 is 2.19 bits per heavy atom. The number of carbonyl (C=O) groups is 2. The van der Waals surface area contributed by atoms with E-state index in [1.807, 2.05) is 30.3 Å². The van der Waals surface area contributed by atoms with Gasteiger partial charge in [0.1, 0.15) is 18.1 Å². The van der Waals surface area contributed by atoms with E-state index in [-0.39, 0.29) is 18.2 Å². The van der Waals surface area contributed by atoms with Crippen molar-refractivity contribution in [2.75, 3.05) is 12.4 Å². The Bertz CT molecular complexity index is 1060. The number of anilines is 1. The molecule has 0 radical (unpaired) electrons. The third-order valence-corrected chi connectivity index (χ3v) is 4.50. The molecule has 2 N–H and O–H groups in total. The van der Waals surface area contributed by atoms with Crippen molar-refractivity contribution in [3.05, 3.63) is 90.0 Å². The van der Waals surface area contributed by atoms with E-state index >= 15 is 0 Å². The van der Waals surface area contributed by atoms with Crippen LogP contribution in [-0.4, -0.2) is 24.6 Å². The molecular formula is C25H25N3O4. The molecule has 0 fully saturated rings. The normalized spacial score (nSPS) is 10.9. The van der Waals surface area contributed by atoms with Crippen LogP contribution in [0.25, 0.3) is 0 Å². The Hall–Kier alpha value is -4.13. The highest BCUT2D eigenvalue weighted by molar-refractivity contribution is 6.06. The Balaban J connectivity index is 1.45. The highest BCUT2D eigenvalue weighted by Gasteiger charge is 2.08. The first-order chi connectivity index (χ1) is 15.5. The highest BCUT2D eigenvalue weighted by Crippen LogP contribution is 2.17. The molecule has 164 valence electrons. The van der Waals surface area contributed by atoms with E-state index in [1.54, 1.807) is 62.6 Å². The first-order valence-electron chi connectivity index (χ1n) is 10.1. The molecule has 3 rings (SSSR count). The van der Waals surface area contributed by atoms with Gasteiger partial charge in [0.15, 0.2) is 0 Å². The van der Waals surface area contributed by atoms with Crippen LogP contribution in [0.15, 0.2) is 84.0 Å². The van der Waals surface area contributed by atoms with Crippen molar-refractivity contribution in [3.8, 4) is 11.5 Å². The van der Waals surface area contributed by atoms with Crippen LogP contribution in [0.5, 0.6) is 11.5 Å². The standard InChI is InChI=1S/C25H25N3O4/c1-18(27-28-25(30)20-8-12-22(31-2)13-9-20)16-24(29)26-21-10-14-23(15-11-21)32-17-19-6-4-3-5-7-19/h3-15H,16-17H2,1-2H3,(H,26,29)(H,28,30)/b27-18+. The maximum absolute atomic E-state index is 12.3. The van der Waals surface area contributed by atoms with Gasteiger partial charge >= 0.3 is 0 Å². The number of hydrazone groups is 1. The van der Waals surface area contributed by atoms with Gasteiger partial charge in [-0.15, -0.1) is 0 Å². The summed E-state index contributed by atoms with van der Waals surface area (Å²) in [5, 5.41) is 6.80. The summed E-state index contributed by atoms with van der Waals surface area (Å²) >= 11 is 0. The van der Waals surface area contributed by atoms with Crippen LogP contribution < -0.4 is 20.2 Å². The third kappa shape index (κ3) is 6.98. The smallest absolute Gasteiger partial charge is 0.271 e. The van der Waals surface area contributed by atoms with Crippen molar-refractivity contribution < 1.29 is 19.1 Å². The molecule has 7 heteroatoms. The lowest BCUT2D eigenvalue weighted by atomic mass is 10.2. The van der Waals surface area contributed by atoms with Gasteiger partial charge in [0, 0.05) is 17.0 Å². The lowest BCUT2D eigenvalue weighted by molar-refractivity contribution is -0.115. The number of nitrogens with one attached hydrogen (secondary N) is 2. The van der Waals surface area contributed by atoms with Crippen LogP contribution >= 0.6 is 0 Å². The predicted molar refractivity (Wildman–Crippen MR) is 124 cm³/mol. The molecule has 0 saturated carbocycles. The first-order valence-corrected chi connectivity index (χ1v) is 10.1. The zero-order valence-electron chi connectivity index (χ0n) is 18.0. The predicted octanol–water partition coefficient (Wildman–Crippen LogP) is 4.41. The zero-order valence-corrected chi connectivity index (χ0v) is 18.0. The van der Waals surface area contributed by atoms with Gasteiger partial charge in [0.05, 0.1) is 13.5 Å². The summed E-state index contributed by atoms with van der Waals surface area (Å²) < 4.78 is 10.8. The lowest BCUT2D eigenvalue weighted by Gasteiger charge is -2.09. The summed E-state index contributed by atoms with van der Waals surface area (Å²) in [6, 6.07) is 23.7. The monoisotopic (exact) mass is 431 g/mol. The van der Waals surface area contributed by atoms with E-state index < -0.39 is 0 Å². The first kappa shape index (κ1) is 22.6. The van der Waals surface area contributed by atoms with Gasteiger partial charge in [0.25, 0.3) is 5.91 Å². The summed E-state index contributed by atoms with van der Waals surface area (Å²) in [4.78, 5) is 24.4. The molecule has 0 saturated heterocycles.